The first-order valence-electron chi connectivity index (χ1n) is 8.12. The number of carbonyl (C=O) groups excluding carboxylic acids is 2. The van der Waals surface area contributed by atoms with Crippen LogP contribution in [0.25, 0.3) is 0 Å². The Morgan fingerprint density at radius 1 is 1.31 bits per heavy atom. The molecule has 2 aromatic rings. The van der Waals surface area contributed by atoms with Gasteiger partial charge in [0.15, 0.2) is 0 Å². The number of nitrogens with zero attached hydrogens (tertiary/aromatic N) is 1. The molecule has 2 atom stereocenters. The van der Waals surface area contributed by atoms with Crippen LogP contribution >= 0.6 is 23.4 Å². The van der Waals surface area contributed by atoms with Gasteiger partial charge in [-0.05, 0) is 36.8 Å². The number of hydrogen-bond donors (Lipinski definition) is 1. The molecule has 136 valence electrons. The Morgan fingerprint density at radius 3 is 2.81 bits per heavy atom. The van der Waals surface area contributed by atoms with Crippen LogP contribution in [0, 0.1) is 0 Å². The van der Waals surface area contributed by atoms with Crippen LogP contribution < -0.4 is 15.0 Å². The lowest BCUT2D eigenvalue weighted by Gasteiger charge is -2.25. The van der Waals surface area contributed by atoms with Gasteiger partial charge in [-0.15, -0.1) is 23.4 Å². The highest BCUT2D eigenvalue weighted by molar-refractivity contribution is 8.00. The van der Waals surface area contributed by atoms with Gasteiger partial charge >= 0.3 is 0 Å². The third-order valence-electron chi connectivity index (χ3n) is 4.00. The van der Waals surface area contributed by atoms with Gasteiger partial charge in [-0.25, -0.2) is 0 Å². The van der Waals surface area contributed by atoms with Crippen LogP contribution in [0.5, 0.6) is 5.75 Å². The van der Waals surface area contributed by atoms with E-state index in [0.717, 1.165) is 11.3 Å². The van der Waals surface area contributed by atoms with Gasteiger partial charge in [-0.2, -0.15) is 0 Å². The van der Waals surface area contributed by atoms with E-state index in [2.05, 4.69) is 5.32 Å². The van der Waals surface area contributed by atoms with Gasteiger partial charge in [0.2, 0.25) is 11.8 Å². The van der Waals surface area contributed by atoms with E-state index < -0.39 is 5.38 Å². The molecule has 0 aromatic heterocycles. The fourth-order valence-corrected chi connectivity index (χ4v) is 3.94. The van der Waals surface area contributed by atoms with Crippen LogP contribution in [0.2, 0.25) is 0 Å². The minimum absolute atomic E-state index is 0.0390. The largest absolute Gasteiger partial charge is 0.497 e. The van der Waals surface area contributed by atoms with Crippen LogP contribution in [0.15, 0.2) is 48.5 Å². The molecule has 1 heterocycles. The van der Waals surface area contributed by atoms with E-state index in [0.29, 0.717) is 17.2 Å². The summed E-state index contributed by atoms with van der Waals surface area (Å²) in [5.74, 6) is 0.876. The Bertz CT molecular complexity index is 828. The van der Waals surface area contributed by atoms with Gasteiger partial charge in [0, 0.05) is 17.4 Å². The minimum Gasteiger partial charge on any atom is -0.497 e. The van der Waals surface area contributed by atoms with E-state index in [1.54, 1.807) is 36.8 Å². The van der Waals surface area contributed by atoms with Crippen molar-refractivity contribution in [2.75, 3.05) is 23.1 Å². The van der Waals surface area contributed by atoms with Crippen molar-refractivity contribution in [2.24, 2.45) is 0 Å². The molecule has 1 fully saturated rings. The lowest BCUT2D eigenvalue weighted by atomic mass is 10.1. The maximum absolute atomic E-state index is 12.5. The molecular weight excluding hydrogens is 372 g/mol. The number of methoxy groups -OCH3 is 1. The zero-order valence-corrected chi connectivity index (χ0v) is 16.0. The molecule has 1 aliphatic rings. The Hall–Kier alpha value is -2.18. The second-order valence-corrected chi connectivity index (χ2v) is 7.58. The van der Waals surface area contributed by atoms with Crippen molar-refractivity contribution in [1.29, 1.82) is 0 Å². The molecule has 2 amide bonds. The average molecular weight is 391 g/mol. The highest BCUT2D eigenvalue weighted by Crippen LogP contribution is 2.42. The maximum atomic E-state index is 12.5. The van der Waals surface area contributed by atoms with Crippen molar-refractivity contribution in [3.05, 3.63) is 54.1 Å². The number of anilines is 2. The first-order chi connectivity index (χ1) is 12.5. The summed E-state index contributed by atoms with van der Waals surface area (Å²) in [7, 11) is 1.60. The van der Waals surface area contributed by atoms with E-state index >= 15 is 0 Å². The van der Waals surface area contributed by atoms with Crippen LogP contribution in [0.3, 0.4) is 0 Å². The van der Waals surface area contributed by atoms with Crippen LogP contribution in [0.4, 0.5) is 11.4 Å². The molecule has 1 N–H and O–H groups in total. The van der Waals surface area contributed by atoms with Crippen molar-refractivity contribution >= 4 is 46.6 Å². The first-order valence-corrected chi connectivity index (χ1v) is 9.60. The summed E-state index contributed by atoms with van der Waals surface area (Å²) in [5.41, 5.74) is 2.38. The van der Waals surface area contributed by atoms with E-state index in [-0.39, 0.29) is 17.2 Å². The molecule has 26 heavy (non-hydrogen) atoms. The van der Waals surface area contributed by atoms with Crippen LogP contribution in [-0.4, -0.2) is 30.1 Å². The molecule has 3 rings (SSSR count). The van der Waals surface area contributed by atoms with Crippen LogP contribution in [0.1, 0.15) is 17.9 Å². The maximum Gasteiger partial charge on any atom is 0.242 e. The van der Waals surface area contributed by atoms with Gasteiger partial charge in [0.25, 0.3) is 0 Å². The number of carbonyl (C=O) groups is 2. The second-order valence-electron chi connectivity index (χ2n) is 5.86. The minimum atomic E-state index is -0.616. The number of benzene rings is 2. The van der Waals surface area contributed by atoms with Crippen molar-refractivity contribution in [3.63, 3.8) is 0 Å². The zero-order valence-electron chi connectivity index (χ0n) is 14.4. The SMILES string of the molecule is COc1cccc(N2C(=O)CS[C@H]2c2cccc(NC(=O)[C@@H](C)Cl)c2)c1. The molecule has 0 aliphatic carbocycles. The number of nitrogens with one attached hydrogen (secondary N) is 1. The fraction of sp³-hybridized carbons (Fsp3) is 0.263. The van der Waals surface area contributed by atoms with Gasteiger partial charge in [-0.3, -0.25) is 14.5 Å². The van der Waals surface area contributed by atoms with Crippen LogP contribution in [-0.2, 0) is 9.59 Å². The molecule has 7 heteroatoms. The van der Waals surface area contributed by atoms with Crippen molar-refractivity contribution < 1.29 is 14.3 Å². The fourth-order valence-electron chi connectivity index (χ4n) is 2.72. The number of alkyl halides is 1. The Balaban J connectivity index is 1.90. The topological polar surface area (TPSA) is 58.6 Å². The summed E-state index contributed by atoms with van der Waals surface area (Å²) < 4.78 is 5.27. The van der Waals surface area contributed by atoms with Crippen molar-refractivity contribution in [2.45, 2.75) is 17.7 Å². The number of amides is 2. The van der Waals surface area contributed by atoms with Gasteiger partial charge in [0.1, 0.15) is 16.5 Å². The number of hydrogen-bond acceptors (Lipinski definition) is 4. The molecule has 0 saturated carbocycles. The van der Waals surface area contributed by atoms with E-state index in [4.69, 9.17) is 16.3 Å². The quantitative estimate of drug-likeness (QED) is 0.783. The number of ether oxygens (including phenoxy) is 1. The monoisotopic (exact) mass is 390 g/mol. The molecular formula is C19H19ClN2O3S. The first kappa shape index (κ1) is 18.6. The standard InChI is InChI=1S/C19H19ClN2O3S/c1-12(20)18(24)21-14-6-3-5-13(9-14)19-22(17(23)11-26-19)15-7-4-8-16(10-15)25-2/h3-10,12,19H,11H2,1-2H3,(H,21,24)/t12-,19+/m1/s1. The molecule has 0 bridgehead atoms. The van der Waals surface area contributed by atoms with Crippen molar-refractivity contribution in [1.82, 2.24) is 0 Å². The smallest absolute Gasteiger partial charge is 0.242 e. The lowest BCUT2D eigenvalue weighted by Crippen LogP contribution is -2.28. The summed E-state index contributed by atoms with van der Waals surface area (Å²) in [4.78, 5) is 26.1. The molecule has 0 radical (unpaired) electrons. The third kappa shape index (κ3) is 3.97. The van der Waals surface area contributed by atoms with Gasteiger partial charge < -0.3 is 10.1 Å². The molecule has 0 spiro atoms. The normalized spacial score (nSPS) is 17.9. The van der Waals surface area contributed by atoms with Crippen molar-refractivity contribution in [3.8, 4) is 5.75 Å². The second kappa shape index (κ2) is 8.01. The third-order valence-corrected chi connectivity index (χ3v) is 5.41. The average Bonchev–Trinajstić information content (AvgIpc) is 3.03. The summed E-state index contributed by atoms with van der Waals surface area (Å²) in [6.07, 6.45) is 0. The molecule has 1 saturated heterocycles. The van der Waals surface area contributed by atoms with E-state index in [9.17, 15) is 9.59 Å². The Labute approximate surface area is 161 Å². The Morgan fingerprint density at radius 2 is 2.08 bits per heavy atom. The molecule has 2 aromatic carbocycles. The molecule has 1 aliphatic heterocycles. The predicted molar refractivity (Wildman–Crippen MR) is 106 cm³/mol. The summed E-state index contributed by atoms with van der Waals surface area (Å²) >= 11 is 7.37. The van der Waals surface area contributed by atoms with Gasteiger partial charge in [0.05, 0.1) is 12.9 Å². The predicted octanol–water partition coefficient (Wildman–Crippen LogP) is 4.04. The van der Waals surface area contributed by atoms with E-state index in [1.165, 1.54) is 0 Å². The summed E-state index contributed by atoms with van der Waals surface area (Å²) in [5, 5.41) is 2.00. The van der Waals surface area contributed by atoms with E-state index in [1.807, 2.05) is 42.5 Å². The highest BCUT2D eigenvalue weighted by Gasteiger charge is 2.34. The highest BCUT2D eigenvalue weighted by atomic mass is 35.5. The summed E-state index contributed by atoms with van der Waals surface area (Å²) in [6.45, 7) is 1.62. The zero-order chi connectivity index (χ0) is 18.7. The summed E-state index contributed by atoms with van der Waals surface area (Å²) in [6, 6.07) is 14.9. The van der Waals surface area contributed by atoms with Gasteiger partial charge in [-0.1, -0.05) is 18.2 Å². The number of thioether (sulfide) groups is 1. The number of rotatable bonds is 5. The molecule has 0 unspecified atom stereocenters. The molecule has 5 nitrogen and oxygen atoms in total. The Kier molecular flexibility index (Phi) is 5.74. The number of halogens is 1. The lowest BCUT2D eigenvalue weighted by molar-refractivity contribution is -0.116.